The van der Waals surface area contributed by atoms with Crippen molar-refractivity contribution in [2.75, 3.05) is 23.7 Å². The fourth-order valence-corrected chi connectivity index (χ4v) is 5.54. The molecule has 0 bridgehead atoms. The molecule has 0 radical (unpaired) electrons. The third-order valence-electron chi connectivity index (χ3n) is 6.38. The molecule has 0 saturated carbocycles. The van der Waals surface area contributed by atoms with E-state index in [-0.39, 0.29) is 50.9 Å². The summed E-state index contributed by atoms with van der Waals surface area (Å²) in [4.78, 5) is 11.3. The minimum Gasteiger partial charge on any atom is -0.389 e. The number of anilines is 2. The van der Waals surface area contributed by atoms with Crippen molar-refractivity contribution in [3.8, 4) is 17.9 Å². The molecule has 1 aliphatic rings. The Morgan fingerprint density at radius 1 is 1.35 bits per heavy atom. The second-order valence-electron chi connectivity index (χ2n) is 8.45. The van der Waals surface area contributed by atoms with E-state index in [4.69, 9.17) is 10.5 Å². The highest BCUT2D eigenvalue weighted by molar-refractivity contribution is 7.17. The maximum Gasteiger partial charge on any atom is 0.225 e. The third kappa shape index (κ3) is 4.69. The van der Waals surface area contributed by atoms with E-state index in [9.17, 15) is 9.65 Å². The number of hydrogen-bond donors (Lipinski definition) is 1. The van der Waals surface area contributed by atoms with Crippen LogP contribution in [0, 0.1) is 29.0 Å². The second-order valence-corrected chi connectivity index (χ2v) is 9.51. The Morgan fingerprint density at radius 3 is 2.78 bits per heavy atom. The highest BCUT2D eigenvalue weighted by Gasteiger charge is 2.30. The van der Waals surface area contributed by atoms with Gasteiger partial charge in [-0.05, 0) is 43.9 Å². The molecule has 4 rings (SSSR count). The van der Waals surface area contributed by atoms with E-state index in [2.05, 4.69) is 28.4 Å². The van der Waals surface area contributed by atoms with E-state index in [0.29, 0.717) is 30.0 Å². The van der Waals surface area contributed by atoms with E-state index < -0.39 is 11.6 Å². The quantitative estimate of drug-likeness (QED) is 0.276. The average Bonchev–Trinajstić information content (AvgIpc) is 3.52. The van der Waals surface area contributed by atoms with E-state index in [1.807, 2.05) is 17.9 Å². The Hall–Kier alpha value is -3.79. The van der Waals surface area contributed by atoms with Gasteiger partial charge in [0.15, 0.2) is 5.82 Å². The van der Waals surface area contributed by atoms with Crippen LogP contribution in [0.4, 0.5) is 19.7 Å². The summed E-state index contributed by atoms with van der Waals surface area (Å²) in [6, 6.07) is 2.03. The average molecular weight is 520 g/mol. The third-order valence-corrected chi connectivity index (χ3v) is 7.41. The zero-order chi connectivity index (χ0) is 26.7. The van der Waals surface area contributed by atoms with E-state index in [1.165, 1.54) is 6.08 Å². The predicted octanol–water partition coefficient (Wildman–Crippen LogP) is 6.34. The van der Waals surface area contributed by atoms with Crippen molar-refractivity contribution in [1.82, 2.24) is 9.97 Å². The van der Waals surface area contributed by atoms with Crippen molar-refractivity contribution in [2.24, 2.45) is 0 Å². The number of aromatic nitrogens is 2. The summed E-state index contributed by atoms with van der Waals surface area (Å²) >= 11 is 0.940. The number of allylic oxidation sites excluding steroid dienone is 1. The highest BCUT2D eigenvalue weighted by Crippen LogP contribution is 2.45. The van der Waals surface area contributed by atoms with Crippen molar-refractivity contribution in [2.45, 2.75) is 46.8 Å². The van der Waals surface area contributed by atoms with Crippen LogP contribution in [0.5, 0.6) is 0 Å². The molecule has 2 aromatic heterocycles. The largest absolute Gasteiger partial charge is 0.389 e. The lowest BCUT2D eigenvalue weighted by Crippen LogP contribution is -2.26. The number of rotatable bonds is 8. The number of nitrogens with zero attached hydrogens (tertiary/aromatic N) is 4. The number of benzene rings is 1. The molecule has 0 unspecified atom stereocenters. The number of nitrogen functional groups attached to an aromatic ring is 1. The Balaban J connectivity index is 1.90. The molecule has 1 aliphatic heterocycles. The first-order valence-electron chi connectivity index (χ1n) is 11.9. The summed E-state index contributed by atoms with van der Waals surface area (Å²) in [5.41, 5.74) is 8.11. The fourth-order valence-electron chi connectivity index (χ4n) is 4.53. The van der Waals surface area contributed by atoms with Gasteiger partial charge in [-0.2, -0.15) is 5.26 Å². The van der Waals surface area contributed by atoms with Crippen molar-refractivity contribution in [3.63, 3.8) is 0 Å². The Morgan fingerprint density at radius 2 is 2.11 bits per heavy atom. The van der Waals surface area contributed by atoms with Crippen LogP contribution < -0.4 is 10.6 Å². The number of ether oxygens (including phenoxy) is 1. The lowest BCUT2D eigenvalue weighted by Gasteiger charge is -2.21. The normalized spacial score (nSPS) is 12.7. The van der Waals surface area contributed by atoms with E-state index >= 15 is 4.39 Å². The lowest BCUT2D eigenvalue weighted by atomic mass is 9.89. The first kappa shape index (κ1) is 26.3. The molecule has 1 aromatic carbocycles. The number of halogens is 2. The molecule has 0 amide bonds. The van der Waals surface area contributed by atoms with Crippen molar-refractivity contribution < 1.29 is 13.5 Å². The Labute approximate surface area is 219 Å². The first-order chi connectivity index (χ1) is 17.9. The molecule has 37 heavy (non-hydrogen) atoms. The summed E-state index contributed by atoms with van der Waals surface area (Å²) in [6.45, 7) is 11.2. The summed E-state index contributed by atoms with van der Waals surface area (Å²) in [6.07, 6.45) is 4.48. The molecule has 0 saturated heterocycles. The monoisotopic (exact) mass is 519 g/mol. The molecule has 0 fully saturated rings. The minimum absolute atomic E-state index is 0.0740. The van der Waals surface area contributed by atoms with Gasteiger partial charge in [0.2, 0.25) is 5.95 Å². The van der Waals surface area contributed by atoms with Gasteiger partial charge in [0.25, 0.3) is 0 Å². The molecule has 190 valence electrons. The van der Waals surface area contributed by atoms with Gasteiger partial charge in [-0.25, -0.2) is 18.7 Å². The standard InChI is InChI=1S/C28H27F2N5OS/c1-5-8-9-10-11-35(7-3)28-33-13-18-19-14-36-15-20(19)22(24(30)25(18)34-28)16(4)23-17(12-31)27(32)37-26(23)21(29)6-2/h6,13H,4,7,9-11,14-15,32H2,1-3H3/b21-6+. The second kappa shape index (κ2) is 11.1. The lowest BCUT2D eigenvalue weighted by molar-refractivity contribution is 0.134. The van der Waals surface area contributed by atoms with Gasteiger partial charge in [-0.1, -0.05) is 12.7 Å². The number of fused-ring (bicyclic) bond motifs is 3. The molecular weight excluding hydrogens is 492 g/mol. The highest BCUT2D eigenvalue weighted by atomic mass is 32.1. The van der Waals surface area contributed by atoms with Crippen molar-refractivity contribution in [1.29, 1.82) is 5.26 Å². The van der Waals surface area contributed by atoms with Gasteiger partial charge in [0.05, 0.1) is 23.7 Å². The van der Waals surface area contributed by atoms with Gasteiger partial charge in [-0.15, -0.1) is 23.2 Å². The Bertz CT molecular complexity index is 1520. The van der Waals surface area contributed by atoms with E-state index in [0.717, 1.165) is 29.7 Å². The Kier molecular flexibility index (Phi) is 7.87. The SMILES string of the molecule is C=C(c1c(/C(F)=C\C)sc(N)c1C#N)c1c2c(c3cnc(N(CC)CCCC#CC)nc3c1F)COC2. The molecule has 2 N–H and O–H groups in total. The zero-order valence-electron chi connectivity index (χ0n) is 21.0. The molecule has 3 heterocycles. The number of nitriles is 1. The summed E-state index contributed by atoms with van der Waals surface area (Å²) in [7, 11) is 0. The van der Waals surface area contributed by atoms with Crippen molar-refractivity contribution >= 4 is 44.6 Å². The van der Waals surface area contributed by atoms with Gasteiger partial charge >= 0.3 is 0 Å². The topological polar surface area (TPSA) is 88.1 Å². The molecule has 0 atom stereocenters. The number of hydrogen-bond acceptors (Lipinski definition) is 7. The van der Waals surface area contributed by atoms with Crippen molar-refractivity contribution in [3.05, 3.63) is 57.4 Å². The predicted molar refractivity (Wildman–Crippen MR) is 145 cm³/mol. The number of thiophene rings is 1. The summed E-state index contributed by atoms with van der Waals surface area (Å²) < 4.78 is 36.8. The van der Waals surface area contributed by atoms with Gasteiger partial charge < -0.3 is 15.4 Å². The summed E-state index contributed by atoms with van der Waals surface area (Å²) in [5, 5.41) is 10.5. The molecule has 3 aromatic rings. The zero-order valence-corrected chi connectivity index (χ0v) is 21.9. The molecule has 6 nitrogen and oxygen atoms in total. The molecular formula is C28H27F2N5OS. The van der Waals surface area contributed by atoms with Crippen LogP contribution in [0.15, 0.2) is 18.9 Å². The van der Waals surface area contributed by atoms with Crippen LogP contribution >= 0.6 is 11.3 Å². The fraction of sp³-hybridized carbons (Fsp3) is 0.321. The maximum absolute atomic E-state index is 16.4. The summed E-state index contributed by atoms with van der Waals surface area (Å²) in [5.74, 6) is 5.18. The van der Waals surface area contributed by atoms with Crippen LogP contribution in [-0.4, -0.2) is 23.1 Å². The van der Waals surface area contributed by atoms with Crippen LogP contribution in [0.1, 0.15) is 66.3 Å². The van der Waals surface area contributed by atoms with E-state index in [1.54, 1.807) is 20.0 Å². The van der Waals surface area contributed by atoms with Crippen LogP contribution in [-0.2, 0) is 18.0 Å². The van der Waals surface area contributed by atoms with Gasteiger partial charge in [-0.3, -0.25) is 0 Å². The van der Waals surface area contributed by atoms with Crippen LogP contribution in [0.25, 0.3) is 22.3 Å². The van der Waals surface area contributed by atoms with Crippen LogP contribution in [0.3, 0.4) is 0 Å². The first-order valence-corrected chi connectivity index (χ1v) is 12.8. The van der Waals surface area contributed by atoms with Gasteiger partial charge in [0.1, 0.15) is 22.4 Å². The minimum atomic E-state index is -0.610. The molecule has 0 aliphatic carbocycles. The van der Waals surface area contributed by atoms with Crippen LogP contribution in [0.2, 0.25) is 0 Å². The smallest absolute Gasteiger partial charge is 0.225 e. The number of nitrogens with two attached hydrogens (primary N) is 1. The molecule has 0 spiro atoms. The molecule has 9 heteroatoms. The van der Waals surface area contributed by atoms with Gasteiger partial charge in [0, 0.05) is 42.2 Å². The maximum atomic E-state index is 16.4. The number of unbranched alkanes of at least 4 members (excludes halogenated alkanes) is 1.